The van der Waals surface area contributed by atoms with E-state index in [-0.39, 0.29) is 11.6 Å². The van der Waals surface area contributed by atoms with Crippen molar-refractivity contribution < 1.29 is 14.6 Å². The van der Waals surface area contributed by atoms with E-state index in [4.69, 9.17) is 9.47 Å². The predicted octanol–water partition coefficient (Wildman–Crippen LogP) is 3.09. The number of ether oxygens (including phenoxy) is 2. The van der Waals surface area contributed by atoms with Gasteiger partial charge in [0.1, 0.15) is 5.75 Å². The number of benzene rings is 1. The molecule has 22 heavy (non-hydrogen) atoms. The maximum absolute atomic E-state index is 11.0. The molecule has 3 aliphatic rings. The van der Waals surface area contributed by atoms with E-state index in [1.165, 1.54) is 6.42 Å². The molecular weight excluding hydrogens is 346 g/mol. The van der Waals surface area contributed by atoms with Crippen molar-refractivity contribution >= 4 is 15.9 Å². The molecule has 0 aromatic heterocycles. The van der Waals surface area contributed by atoms with Gasteiger partial charge >= 0.3 is 0 Å². The fourth-order valence-corrected chi connectivity index (χ4v) is 4.71. The smallest absolute Gasteiger partial charge is 0.169 e. The van der Waals surface area contributed by atoms with Crippen LogP contribution in [-0.2, 0) is 4.74 Å². The van der Waals surface area contributed by atoms with E-state index >= 15 is 0 Å². The standard InChI is InChI=1S/C17H22BrNO3/c18-12-4-5-15-13(11-12)16(20)14-3-1-2-6-17(14,22-15)19-7-9-21-10-8-19/h4-5,11,14,16,20H,1-3,6-10H2. The van der Waals surface area contributed by atoms with Gasteiger partial charge in [-0.1, -0.05) is 22.4 Å². The second kappa shape index (κ2) is 5.78. The summed E-state index contributed by atoms with van der Waals surface area (Å²) in [5.41, 5.74) is 0.563. The molecule has 5 heteroatoms. The van der Waals surface area contributed by atoms with Crippen LogP contribution in [0.1, 0.15) is 37.4 Å². The lowest BCUT2D eigenvalue weighted by atomic mass is 9.73. The molecule has 0 radical (unpaired) electrons. The van der Waals surface area contributed by atoms with Crippen molar-refractivity contribution in [1.29, 1.82) is 0 Å². The van der Waals surface area contributed by atoms with Gasteiger partial charge in [0, 0.05) is 35.5 Å². The van der Waals surface area contributed by atoms with Crippen molar-refractivity contribution in [1.82, 2.24) is 4.90 Å². The lowest BCUT2D eigenvalue weighted by Crippen LogP contribution is -2.64. The van der Waals surface area contributed by atoms with E-state index in [2.05, 4.69) is 20.8 Å². The first-order valence-electron chi connectivity index (χ1n) is 8.20. The van der Waals surface area contributed by atoms with Crippen LogP contribution in [-0.4, -0.2) is 42.0 Å². The molecule has 0 amide bonds. The molecular formula is C17H22BrNO3. The second-order valence-electron chi connectivity index (χ2n) is 6.53. The molecule has 1 aromatic rings. The average molecular weight is 368 g/mol. The van der Waals surface area contributed by atoms with E-state index in [0.29, 0.717) is 0 Å². The summed E-state index contributed by atoms with van der Waals surface area (Å²) in [4.78, 5) is 2.41. The van der Waals surface area contributed by atoms with E-state index in [1.54, 1.807) is 0 Å². The zero-order chi connectivity index (χ0) is 15.2. The SMILES string of the molecule is OC1c2cc(Br)ccc2OC2(N3CCOCC3)CCCCC12. The Morgan fingerprint density at radius 2 is 2.05 bits per heavy atom. The summed E-state index contributed by atoms with van der Waals surface area (Å²) >= 11 is 3.50. The number of morpholine rings is 1. The van der Waals surface area contributed by atoms with Crippen LogP contribution in [0.2, 0.25) is 0 Å². The summed E-state index contributed by atoms with van der Waals surface area (Å²) in [6, 6.07) is 5.97. The van der Waals surface area contributed by atoms with Crippen molar-refractivity contribution in [3.63, 3.8) is 0 Å². The molecule has 1 aliphatic carbocycles. The summed E-state index contributed by atoms with van der Waals surface area (Å²) in [7, 11) is 0. The Hall–Kier alpha value is -0.620. The Kier molecular flexibility index (Phi) is 3.93. The minimum atomic E-state index is -0.454. The largest absolute Gasteiger partial charge is 0.472 e. The molecule has 1 saturated carbocycles. The molecule has 3 atom stereocenters. The second-order valence-corrected chi connectivity index (χ2v) is 7.44. The number of aliphatic hydroxyl groups is 1. The molecule has 1 aromatic carbocycles. The Balaban J connectivity index is 1.76. The fraction of sp³-hybridized carbons (Fsp3) is 0.647. The highest BCUT2D eigenvalue weighted by molar-refractivity contribution is 9.10. The summed E-state index contributed by atoms with van der Waals surface area (Å²) in [5, 5.41) is 11.0. The van der Waals surface area contributed by atoms with E-state index in [9.17, 15) is 5.11 Å². The van der Waals surface area contributed by atoms with Crippen molar-refractivity contribution in [2.45, 2.75) is 37.5 Å². The maximum atomic E-state index is 11.0. The van der Waals surface area contributed by atoms with Crippen LogP contribution in [0.5, 0.6) is 5.75 Å². The third-order valence-electron chi connectivity index (χ3n) is 5.38. The molecule has 3 unspecified atom stereocenters. The number of nitrogens with zero attached hydrogens (tertiary/aromatic N) is 1. The van der Waals surface area contributed by atoms with E-state index in [1.807, 2.05) is 18.2 Å². The van der Waals surface area contributed by atoms with Gasteiger partial charge in [0.25, 0.3) is 0 Å². The number of halogens is 1. The summed E-state index contributed by atoms with van der Waals surface area (Å²) < 4.78 is 13.1. The third kappa shape index (κ3) is 2.30. The quantitative estimate of drug-likeness (QED) is 0.827. The zero-order valence-corrected chi connectivity index (χ0v) is 14.2. The Bertz CT molecular complexity index is 561. The number of fused-ring (bicyclic) bond motifs is 2. The minimum absolute atomic E-state index is 0.140. The monoisotopic (exact) mass is 367 g/mol. The van der Waals surface area contributed by atoms with Gasteiger partial charge in [0.15, 0.2) is 5.72 Å². The normalized spacial score (nSPS) is 35.4. The van der Waals surface area contributed by atoms with Crippen molar-refractivity contribution in [3.8, 4) is 5.75 Å². The predicted molar refractivity (Wildman–Crippen MR) is 86.8 cm³/mol. The summed E-state index contributed by atoms with van der Waals surface area (Å²) in [6.45, 7) is 3.27. The van der Waals surface area contributed by atoms with Crippen molar-refractivity contribution in [2.75, 3.05) is 26.3 Å². The van der Waals surface area contributed by atoms with Crippen LogP contribution < -0.4 is 4.74 Å². The van der Waals surface area contributed by atoms with Gasteiger partial charge in [-0.25, -0.2) is 0 Å². The molecule has 1 saturated heterocycles. The third-order valence-corrected chi connectivity index (χ3v) is 5.88. The van der Waals surface area contributed by atoms with Gasteiger partial charge in [0.2, 0.25) is 0 Å². The maximum Gasteiger partial charge on any atom is 0.169 e. The van der Waals surface area contributed by atoms with Gasteiger partial charge in [-0.15, -0.1) is 0 Å². The minimum Gasteiger partial charge on any atom is -0.472 e. The molecule has 1 N–H and O–H groups in total. The zero-order valence-electron chi connectivity index (χ0n) is 12.6. The van der Waals surface area contributed by atoms with Crippen molar-refractivity contribution in [3.05, 3.63) is 28.2 Å². The van der Waals surface area contributed by atoms with Gasteiger partial charge in [0.05, 0.1) is 19.3 Å². The van der Waals surface area contributed by atoms with Crippen LogP contribution in [0, 0.1) is 5.92 Å². The Labute approximate surface area is 139 Å². The molecule has 4 rings (SSSR count). The molecule has 2 aliphatic heterocycles. The summed E-state index contributed by atoms with van der Waals surface area (Å²) in [6.07, 6.45) is 3.88. The van der Waals surface area contributed by atoms with E-state index < -0.39 is 6.10 Å². The molecule has 2 fully saturated rings. The first-order chi connectivity index (χ1) is 10.7. The van der Waals surface area contributed by atoms with Crippen LogP contribution >= 0.6 is 15.9 Å². The fourth-order valence-electron chi connectivity index (χ4n) is 4.33. The lowest BCUT2D eigenvalue weighted by molar-refractivity contribution is -0.206. The topological polar surface area (TPSA) is 41.9 Å². The number of aliphatic hydroxyl groups excluding tert-OH is 1. The first kappa shape index (κ1) is 14.9. The highest BCUT2D eigenvalue weighted by atomic mass is 79.9. The van der Waals surface area contributed by atoms with Crippen LogP contribution in [0.3, 0.4) is 0 Å². The van der Waals surface area contributed by atoms with Gasteiger partial charge in [-0.3, -0.25) is 4.90 Å². The molecule has 0 bridgehead atoms. The van der Waals surface area contributed by atoms with Gasteiger partial charge < -0.3 is 14.6 Å². The number of hydrogen-bond donors (Lipinski definition) is 1. The van der Waals surface area contributed by atoms with Crippen LogP contribution in [0.4, 0.5) is 0 Å². The van der Waals surface area contributed by atoms with Crippen LogP contribution in [0.15, 0.2) is 22.7 Å². The summed E-state index contributed by atoms with van der Waals surface area (Å²) in [5.74, 6) is 0.974. The molecule has 0 spiro atoms. The van der Waals surface area contributed by atoms with Crippen LogP contribution in [0.25, 0.3) is 0 Å². The highest BCUT2D eigenvalue weighted by Gasteiger charge is 2.54. The van der Waals surface area contributed by atoms with Crippen molar-refractivity contribution in [2.24, 2.45) is 5.92 Å². The average Bonchev–Trinajstić information content (AvgIpc) is 2.57. The first-order valence-corrected chi connectivity index (χ1v) is 8.99. The molecule has 2 heterocycles. The lowest BCUT2D eigenvalue weighted by Gasteiger charge is -2.55. The number of hydrogen-bond acceptors (Lipinski definition) is 4. The number of rotatable bonds is 1. The Morgan fingerprint density at radius 3 is 2.86 bits per heavy atom. The molecule has 120 valence electrons. The van der Waals surface area contributed by atoms with Gasteiger partial charge in [-0.2, -0.15) is 0 Å². The van der Waals surface area contributed by atoms with E-state index in [0.717, 1.165) is 61.4 Å². The Morgan fingerprint density at radius 1 is 1.23 bits per heavy atom. The van der Waals surface area contributed by atoms with Gasteiger partial charge in [-0.05, 0) is 31.0 Å². The highest BCUT2D eigenvalue weighted by Crippen LogP contribution is 2.52. The molecule has 4 nitrogen and oxygen atoms in total.